The molecule has 0 saturated carbocycles. The van der Waals surface area contributed by atoms with E-state index in [4.69, 9.17) is 12.2 Å². The van der Waals surface area contributed by atoms with E-state index in [0.29, 0.717) is 4.91 Å². The largest absolute Gasteiger partial charge is 0.285 e. The molecule has 0 spiro atoms. The summed E-state index contributed by atoms with van der Waals surface area (Å²) in [6.07, 6.45) is 3.23. The molecule has 2 aromatic rings. The zero-order valence-electron chi connectivity index (χ0n) is 11.3. The number of benzene rings is 1. The minimum Gasteiger partial charge on any atom is -0.268 e. The van der Waals surface area contributed by atoms with Crippen LogP contribution >= 0.6 is 24.0 Å². The third-order valence-electron chi connectivity index (χ3n) is 2.98. The fraction of sp³-hybridized carbons (Fsp3) is 0. The lowest BCUT2D eigenvalue weighted by Gasteiger charge is -2.11. The number of thioether (sulfide) groups is 1. The Bertz CT molecular complexity index is 773. The van der Waals surface area contributed by atoms with Crippen molar-refractivity contribution in [1.82, 2.24) is 9.88 Å². The van der Waals surface area contributed by atoms with Gasteiger partial charge < -0.3 is 0 Å². The molecule has 2 heterocycles. The average molecular weight is 326 g/mol. The van der Waals surface area contributed by atoms with E-state index in [2.05, 4.69) is 4.98 Å². The van der Waals surface area contributed by atoms with Crippen molar-refractivity contribution in [2.45, 2.75) is 0 Å². The SMILES string of the molecule is O=C1C(=Cc2ccccc2)SC(=S)N1C(=O)c1ccccn1. The Morgan fingerprint density at radius 2 is 1.86 bits per heavy atom. The molecule has 6 heteroatoms. The highest BCUT2D eigenvalue weighted by Crippen LogP contribution is 2.33. The van der Waals surface area contributed by atoms with Crippen LogP contribution in [0.3, 0.4) is 0 Å². The molecule has 3 rings (SSSR count). The summed E-state index contributed by atoms with van der Waals surface area (Å²) in [6, 6.07) is 14.4. The van der Waals surface area contributed by atoms with Gasteiger partial charge in [0.05, 0.1) is 4.91 Å². The van der Waals surface area contributed by atoms with E-state index in [1.165, 1.54) is 6.20 Å². The van der Waals surface area contributed by atoms with Crippen LogP contribution in [0.4, 0.5) is 0 Å². The highest BCUT2D eigenvalue weighted by Gasteiger charge is 2.37. The number of imide groups is 1. The Hall–Kier alpha value is -2.31. The second kappa shape index (κ2) is 6.21. The number of rotatable bonds is 2. The van der Waals surface area contributed by atoms with Gasteiger partial charge in [-0.1, -0.05) is 60.4 Å². The molecule has 1 fully saturated rings. The molecule has 1 aliphatic rings. The van der Waals surface area contributed by atoms with Crippen LogP contribution in [0.1, 0.15) is 16.1 Å². The van der Waals surface area contributed by atoms with Gasteiger partial charge >= 0.3 is 0 Å². The van der Waals surface area contributed by atoms with Crippen LogP contribution < -0.4 is 0 Å². The summed E-state index contributed by atoms with van der Waals surface area (Å²) in [6.45, 7) is 0. The molecule has 1 aromatic heterocycles. The minimum absolute atomic E-state index is 0.194. The smallest absolute Gasteiger partial charge is 0.268 e. The summed E-state index contributed by atoms with van der Waals surface area (Å²) in [4.78, 5) is 30.2. The van der Waals surface area contributed by atoms with Gasteiger partial charge in [-0.05, 0) is 23.8 Å². The molecule has 0 radical (unpaired) electrons. The van der Waals surface area contributed by atoms with Crippen molar-refractivity contribution in [1.29, 1.82) is 0 Å². The van der Waals surface area contributed by atoms with Gasteiger partial charge in [0.25, 0.3) is 11.8 Å². The van der Waals surface area contributed by atoms with Crippen LogP contribution in [0.5, 0.6) is 0 Å². The molecule has 108 valence electrons. The zero-order valence-corrected chi connectivity index (χ0v) is 12.9. The van der Waals surface area contributed by atoms with Crippen LogP contribution in [0.2, 0.25) is 0 Å². The number of carbonyl (C=O) groups excluding carboxylic acids is 2. The molecular formula is C16H10N2O2S2. The van der Waals surface area contributed by atoms with Gasteiger partial charge in [-0.2, -0.15) is 0 Å². The first-order valence-corrected chi connectivity index (χ1v) is 7.67. The monoisotopic (exact) mass is 326 g/mol. The van der Waals surface area contributed by atoms with Gasteiger partial charge in [-0.3, -0.25) is 14.6 Å². The van der Waals surface area contributed by atoms with Gasteiger partial charge in [0, 0.05) is 6.20 Å². The Labute approximate surface area is 136 Å². The predicted octanol–water partition coefficient (Wildman–Crippen LogP) is 3.12. The van der Waals surface area contributed by atoms with Crippen LogP contribution in [0, 0.1) is 0 Å². The molecule has 22 heavy (non-hydrogen) atoms. The molecule has 1 aliphatic heterocycles. The van der Waals surface area contributed by atoms with Crippen LogP contribution in [0.25, 0.3) is 6.08 Å². The Balaban J connectivity index is 1.89. The molecule has 0 N–H and O–H groups in total. The maximum Gasteiger partial charge on any atom is 0.285 e. The van der Waals surface area contributed by atoms with E-state index in [-0.39, 0.29) is 10.0 Å². The predicted molar refractivity (Wildman–Crippen MR) is 90.0 cm³/mol. The first kappa shape index (κ1) is 14.6. The van der Waals surface area contributed by atoms with Crippen molar-refractivity contribution in [3.63, 3.8) is 0 Å². The summed E-state index contributed by atoms with van der Waals surface area (Å²) >= 11 is 6.29. The van der Waals surface area contributed by atoms with Crippen molar-refractivity contribution < 1.29 is 9.59 Å². The summed E-state index contributed by atoms with van der Waals surface area (Å²) in [5.74, 6) is -0.908. The highest BCUT2D eigenvalue weighted by molar-refractivity contribution is 8.26. The second-order valence-corrected chi connectivity index (χ2v) is 6.12. The number of amides is 2. The summed E-state index contributed by atoms with van der Waals surface area (Å²) in [5.41, 5.74) is 1.08. The maximum atomic E-state index is 12.4. The third kappa shape index (κ3) is 2.84. The Morgan fingerprint density at radius 1 is 1.14 bits per heavy atom. The van der Waals surface area contributed by atoms with Gasteiger partial charge in [0.15, 0.2) is 4.32 Å². The first-order valence-electron chi connectivity index (χ1n) is 6.45. The second-order valence-electron chi connectivity index (χ2n) is 4.45. The van der Waals surface area contributed by atoms with Crippen LogP contribution in [-0.2, 0) is 4.79 Å². The van der Waals surface area contributed by atoms with Crippen molar-refractivity contribution in [3.8, 4) is 0 Å². The molecule has 0 unspecified atom stereocenters. The quantitative estimate of drug-likeness (QED) is 0.482. The molecule has 0 aliphatic carbocycles. The van der Waals surface area contributed by atoms with E-state index in [1.807, 2.05) is 30.3 Å². The lowest BCUT2D eigenvalue weighted by molar-refractivity contribution is -0.120. The number of hydrogen-bond donors (Lipinski definition) is 0. The van der Waals surface area contributed by atoms with Crippen LogP contribution in [-0.4, -0.2) is 26.0 Å². The number of aromatic nitrogens is 1. The van der Waals surface area contributed by atoms with Gasteiger partial charge in [0.2, 0.25) is 0 Å². The number of hydrogen-bond acceptors (Lipinski definition) is 5. The molecule has 1 saturated heterocycles. The lowest BCUT2D eigenvalue weighted by Crippen LogP contribution is -2.35. The maximum absolute atomic E-state index is 12.4. The minimum atomic E-state index is -0.500. The van der Waals surface area contributed by atoms with Gasteiger partial charge in [0.1, 0.15) is 5.69 Å². The number of pyridine rings is 1. The Kier molecular flexibility index (Phi) is 4.13. The van der Waals surface area contributed by atoms with E-state index < -0.39 is 11.8 Å². The van der Waals surface area contributed by atoms with Crippen LogP contribution in [0.15, 0.2) is 59.6 Å². The van der Waals surface area contributed by atoms with Crippen molar-refractivity contribution in [3.05, 3.63) is 70.9 Å². The number of carbonyl (C=O) groups is 2. The molecule has 4 nitrogen and oxygen atoms in total. The Morgan fingerprint density at radius 3 is 2.55 bits per heavy atom. The molecule has 1 aromatic carbocycles. The fourth-order valence-corrected chi connectivity index (χ4v) is 3.20. The molecule has 2 amide bonds. The van der Waals surface area contributed by atoms with Gasteiger partial charge in [-0.15, -0.1) is 0 Å². The first-order chi connectivity index (χ1) is 10.7. The van der Waals surface area contributed by atoms with Crippen molar-refractivity contribution >= 4 is 46.2 Å². The van der Waals surface area contributed by atoms with E-state index >= 15 is 0 Å². The standard InChI is InChI=1S/C16H10N2O2S2/c19-14(12-8-4-5-9-17-12)18-15(20)13(22-16(18)21)10-11-6-2-1-3-7-11/h1-10H. The fourth-order valence-electron chi connectivity index (χ4n) is 1.95. The molecule has 0 bridgehead atoms. The number of thiocarbonyl (C=S) groups is 1. The van der Waals surface area contributed by atoms with Crippen molar-refractivity contribution in [2.75, 3.05) is 0 Å². The lowest BCUT2D eigenvalue weighted by atomic mass is 10.2. The van der Waals surface area contributed by atoms with E-state index in [0.717, 1.165) is 22.2 Å². The zero-order chi connectivity index (χ0) is 15.5. The summed E-state index contributed by atoms with van der Waals surface area (Å²) in [5, 5.41) is 0. The highest BCUT2D eigenvalue weighted by atomic mass is 32.2. The normalized spacial score (nSPS) is 16.4. The summed E-state index contributed by atoms with van der Waals surface area (Å²) < 4.78 is 0.225. The average Bonchev–Trinajstić information content (AvgIpc) is 2.82. The topological polar surface area (TPSA) is 50.3 Å². The van der Waals surface area contributed by atoms with Gasteiger partial charge in [-0.25, -0.2) is 4.90 Å². The summed E-state index contributed by atoms with van der Waals surface area (Å²) in [7, 11) is 0. The number of nitrogens with zero attached hydrogens (tertiary/aromatic N) is 2. The van der Waals surface area contributed by atoms with E-state index in [1.54, 1.807) is 24.3 Å². The molecular weight excluding hydrogens is 316 g/mol. The van der Waals surface area contributed by atoms with E-state index in [9.17, 15) is 9.59 Å². The third-order valence-corrected chi connectivity index (χ3v) is 4.28. The molecule has 0 atom stereocenters. The van der Waals surface area contributed by atoms with Crippen molar-refractivity contribution in [2.24, 2.45) is 0 Å².